The Morgan fingerprint density at radius 3 is 2.45 bits per heavy atom. The van der Waals surface area contributed by atoms with Crippen LogP contribution in [-0.4, -0.2) is 23.8 Å². The highest BCUT2D eigenvalue weighted by molar-refractivity contribution is 6.10. The van der Waals surface area contributed by atoms with Crippen LogP contribution >= 0.6 is 0 Å². The molecule has 0 amide bonds. The van der Waals surface area contributed by atoms with Gasteiger partial charge in [-0.15, -0.1) is 0 Å². The van der Waals surface area contributed by atoms with Gasteiger partial charge in [-0.2, -0.15) is 0 Å². The summed E-state index contributed by atoms with van der Waals surface area (Å²) in [7, 11) is 0. The van der Waals surface area contributed by atoms with Crippen LogP contribution in [0.15, 0.2) is 54.6 Å². The Bertz CT molecular complexity index is 722. The molecule has 0 saturated heterocycles. The minimum Gasteiger partial charge on any atom is -0.292 e. The van der Waals surface area contributed by atoms with Crippen molar-refractivity contribution in [3.63, 3.8) is 0 Å². The average Bonchev–Trinajstić information content (AvgIpc) is 3.00. The van der Waals surface area contributed by atoms with Gasteiger partial charge in [-0.1, -0.05) is 60.2 Å². The second-order valence-electron chi connectivity index (χ2n) is 5.97. The number of rotatable bonds is 4. The number of aryl methyl sites for hydroxylation is 2. The number of nitrogens with zero attached hydrogens (tertiary/aromatic N) is 1. The molecular formula is C20H21NO. The Morgan fingerprint density at radius 1 is 1.00 bits per heavy atom. The van der Waals surface area contributed by atoms with E-state index in [-0.39, 0.29) is 5.78 Å². The van der Waals surface area contributed by atoms with Crippen LogP contribution in [0.1, 0.15) is 32.6 Å². The zero-order chi connectivity index (χ0) is 15.5. The second kappa shape index (κ2) is 6.29. The van der Waals surface area contributed by atoms with Crippen molar-refractivity contribution in [3.05, 3.63) is 82.4 Å². The molecule has 1 aliphatic rings. The van der Waals surface area contributed by atoms with Crippen molar-refractivity contribution < 1.29 is 4.79 Å². The molecule has 2 aromatic rings. The molecule has 0 bridgehead atoms. The Morgan fingerprint density at radius 2 is 1.73 bits per heavy atom. The van der Waals surface area contributed by atoms with E-state index in [4.69, 9.17) is 0 Å². The predicted molar refractivity (Wildman–Crippen MR) is 90.2 cm³/mol. The molecule has 0 N–H and O–H groups in total. The normalized spacial score (nSPS) is 14.5. The van der Waals surface area contributed by atoms with E-state index in [0.717, 1.165) is 41.9 Å². The Labute approximate surface area is 132 Å². The summed E-state index contributed by atoms with van der Waals surface area (Å²) in [5.41, 5.74) is 4.96. The van der Waals surface area contributed by atoms with E-state index >= 15 is 0 Å². The lowest BCUT2D eigenvalue weighted by Crippen LogP contribution is -2.21. The molecule has 2 aromatic carbocycles. The first kappa shape index (κ1) is 14.7. The standard InChI is InChI=1S/C20H21NO/c1-15-9-10-18(16(2)13-15)20(22)19-8-4-3-7-17(19)14-21-11-5-6-12-21/h3-10,13H,11-12,14H2,1-2H3. The van der Waals surface area contributed by atoms with Crippen LogP contribution in [0.25, 0.3) is 0 Å². The molecule has 0 aliphatic carbocycles. The summed E-state index contributed by atoms with van der Waals surface area (Å²) in [5, 5.41) is 0. The average molecular weight is 291 g/mol. The summed E-state index contributed by atoms with van der Waals surface area (Å²) < 4.78 is 0. The largest absolute Gasteiger partial charge is 0.292 e. The van der Waals surface area contributed by atoms with Gasteiger partial charge in [0.25, 0.3) is 0 Å². The monoisotopic (exact) mass is 291 g/mol. The van der Waals surface area contributed by atoms with E-state index in [9.17, 15) is 4.79 Å². The van der Waals surface area contributed by atoms with Gasteiger partial charge in [0.05, 0.1) is 0 Å². The van der Waals surface area contributed by atoms with Gasteiger partial charge in [0, 0.05) is 30.8 Å². The fourth-order valence-electron chi connectivity index (χ4n) is 2.98. The molecule has 22 heavy (non-hydrogen) atoms. The number of ketones is 1. The molecule has 0 radical (unpaired) electrons. The lowest BCUT2D eigenvalue weighted by Gasteiger charge is -2.17. The molecule has 0 aromatic heterocycles. The summed E-state index contributed by atoms with van der Waals surface area (Å²) in [5.74, 6) is 0.125. The maximum Gasteiger partial charge on any atom is 0.193 e. The van der Waals surface area contributed by atoms with E-state index in [0.29, 0.717) is 0 Å². The van der Waals surface area contributed by atoms with Gasteiger partial charge in [-0.25, -0.2) is 0 Å². The fourth-order valence-corrected chi connectivity index (χ4v) is 2.98. The quantitative estimate of drug-likeness (QED) is 0.629. The van der Waals surface area contributed by atoms with Gasteiger partial charge in [-0.3, -0.25) is 9.69 Å². The zero-order valence-electron chi connectivity index (χ0n) is 13.2. The van der Waals surface area contributed by atoms with Crippen molar-refractivity contribution in [3.8, 4) is 0 Å². The summed E-state index contributed by atoms with van der Waals surface area (Å²) in [6.45, 7) is 6.81. The summed E-state index contributed by atoms with van der Waals surface area (Å²) >= 11 is 0. The minimum atomic E-state index is 0.125. The third-order valence-electron chi connectivity index (χ3n) is 4.18. The van der Waals surface area contributed by atoms with Crippen LogP contribution < -0.4 is 0 Å². The summed E-state index contributed by atoms with van der Waals surface area (Å²) in [6.07, 6.45) is 4.35. The topological polar surface area (TPSA) is 20.3 Å². The van der Waals surface area contributed by atoms with Crippen LogP contribution in [-0.2, 0) is 6.54 Å². The van der Waals surface area contributed by atoms with Gasteiger partial charge in [-0.05, 0) is 25.0 Å². The Kier molecular flexibility index (Phi) is 4.21. The number of carbonyl (C=O) groups excluding carboxylic acids is 1. The van der Waals surface area contributed by atoms with Crippen molar-refractivity contribution in [2.45, 2.75) is 20.4 Å². The molecule has 1 heterocycles. The van der Waals surface area contributed by atoms with Crippen LogP contribution in [0.2, 0.25) is 0 Å². The second-order valence-corrected chi connectivity index (χ2v) is 5.97. The first-order valence-electron chi connectivity index (χ1n) is 7.72. The number of benzene rings is 2. The molecule has 112 valence electrons. The SMILES string of the molecule is Cc1ccc(C(=O)c2ccccc2CN2CC=CC2)c(C)c1. The molecule has 0 saturated carbocycles. The van der Waals surface area contributed by atoms with Gasteiger partial charge >= 0.3 is 0 Å². The molecule has 2 nitrogen and oxygen atoms in total. The molecule has 0 spiro atoms. The van der Waals surface area contributed by atoms with Crippen molar-refractivity contribution >= 4 is 5.78 Å². The molecule has 0 atom stereocenters. The fraction of sp³-hybridized carbons (Fsp3) is 0.250. The van der Waals surface area contributed by atoms with Crippen LogP contribution in [0.3, 0.4) is 0 Å². The first-order chi connectivity index (χ1) is 10.6. The predicted octanol–water partition coefficient (Wildman–Crippen LogP) is 3.91. The number of hydrogen-bond acceptors (Lipinski definition) is 2. The van der Waals surface area contributed by atoms with Crippen molar-refractivity contribution in [2.75, 3.05) is 13.1 Å². The first-order valence-corrected chi connectivity index (χ1v) is 7.72. The highest BCUT2D eigenvalue weighted by Gasteiger charge is 2.17. The minimum absolute atomic E-state index is 0.125. The molecule has 1 aliphatic heterocycles. The van der Waals surface area contributed by atoms with E-state index in [1.165, 1.54) is 5.56 Å². The molecule has 0 fully saturated rings. The van der Waals surface area contributed by atoms with Gasteiger partial charge < -0.3 is 0 Å². The van der Waals surface area contributed by atoms with Gasteiger partial charge in [0.15, 0.2) is 5.78 Å². The maximum atomic E-state index is 12.9. The number of hydrogen-bond donors (Lipinski definition) is 0. The molecule has 0 unspecified atom stereocenters. The number of carbonyl (C=O) groups is 1. The van der Waals surface area contributed by atoms with Crippen molar-refractivity contribution in [1.29, 1.82) is 0 Å². The van der Waals surface area contributed by atoms with Gasteiger partial charge in [0.1, 0.15) is 0 Å². The van der Waals surface area contributed by atoms with Crippen LogP contribution in [0.5, 0.6) is 0 Å². The van der Waals surface area contributed by atoms with E-state index < -0.39 is 0 Å². The zero-order valence-corrected chi connectivity index (χ0v) is 13.2. The van der Waals surface area contributed by atoms with Crippen LogP contribution in [0, 0.1) is 13.8 Å². The Hall–Kier alpha value is -2.19. The molecular weight excluding hydrogens is 270 g/mol. The van der Waals surface area contributed by atoms with Crippen LogP contribution in [0.4, 0.5) is 0 Å². The highest BCUT2D eigenvalue weighted by Crippen LogP contribution is 2.20. The lowest BCUT2D eigenvalue weighted by atomic mass is 9.94. The third-order valence-corrected chi connectivity index (χ3v) is 4.18. The van der Waals surface area contributed by atoms with E-state index in [2.05, 4.69) is 36.1 Å². The van der Waals surface area contributed by atoms with Gasteiger partial charge in [0.2, 0.25) is 0 Å². The third kappa shape index (κ3) is 3.02. The van der Waals surface area contributed by atoms with Crippen molar-refractivity contribution in [1.82, 2.24) is 4.90 Å². The summed E-state index contributed by atoms with van der Waals surface area (Å²) in [6, 6.07) is 14.0. The molecule has 2 heteroatoms. The Balaban J connectivity index is 1.91. The lowest BCUT2D eigenvalue weighted by molar-refractivity contribution is 0.103. The van der Waals surface area contributed by atoms with E-state index in [1.807, 2.05) is 37.3 Å². The maximum absolute atomic E-state index is 12.9. The molecule has 3 rings (SSSR count). The smallest absolute Gasteiger partial charge is 0.193 e. The highest BCUT2D eigenvalue weighted by atomic mass is 16.1. The van der Waals surface area contributed by atoms with Crippen molar-refractivity contribution in [2.24, 2.45) is 0 Å². The summed E-state index contributed by atoms with van der Waals surface area (Å²) in [4.78, 5) is 15.3. The van der Waals surface area contributed by atoms with E-state index in [1.54, 1.807) is 0 Å².